The van der Waals surface area contributed by atoms with Crippen molar-refractivity contribution >= 4 is 11.8 Å². The molecule has 18 heavy (non-hydrogen) atoms. The molecule has 0 aromatic carbocycles. The summed E-state index contributed by atoms with van der Waals surface area (Å²) in [6.07, 6.45) is 0.772. The van der Waals surface area contributed by atoms with Crippen LogP contribution < -0.4 is 5.56 Å². The molecule has 1 aromatic rings. The summed E-state index contributed by atoms with van der Waals surface area (Å²) >= 11 is 1.28. The Morgan fingerprint density at radius 1 is 1.56 bits per heavy atom. The molecule has 0 spiro atoms. The van der Waals surface area contributed by atoms with Crippen molar-refractivity contribution in [3.63, 3.8) is 0 Å². The van der Waals surface area contributed by atoms with E-state index in [0.29, 0.717) is 17.5 Å². The number of ether oxygens (including phenoxy) is 2. The number of methoxy groups -OCH3 is 1. The molecule has 0 radical (unpaired) electrons. The third kappa shape index (κ3) is 6.15. The standard InChI is InChI=1S/C11H18N2O4S/c1-8(5-16-2)17-6-9(14)7-18-11-12-4-3-10(15)13-11/h3-4,8-9,14H,5-7H2,1-2H3,(H,12,13,15). The minimum atomic E-state index is -0.611. The van der Waals surface area contributed by atoms with Crippen molar-refractivity contribution in [3.8, 4) is 0 Å². The number of aliphatic hydroxyl groups is 1. The molecule has 0 saturated carbocycles. The highest BCUT2D eigenvalue weighted by atomic mass is 32.2. The van der Waals surface area contributed by atoms with Crippen molar-refractivity contribution < 1.29 is 14.6 Å². The highest BCUT2D eigenvalue weighted by Gasteiger charge is 2.09. The molecule has 1 rings (SSSR count). The van der Waals surface area contributed by atoms with Crippen LogP contribution >= 0.6 is 11.8 Å². The Labute approximate surface area is 110 Å². The number of thioether (sulfide) groups is 1. The van der Waals surface area contributed by atoms with Crippen LogP contribution in [0.25, 0.3) is 0 Å². The second-order valence-corrected chi connectivity index (χ2v) is 4.81. The zero-order valence-electron chi connectivity index (χ0n) is 10.5. The minimum Gasteiger partial charge on any atom is -0.390 e. The number of aliphatic hydroxyl groups excluding tert-OH is 1. The van der Waals surface area contributed by atoms with Gasteiger partial charge in [0.05, 0.1) is 25.4 Å². The highest BCUT2D eigenvalue weighted by molar-refractivity contribution is 7.99. The summed E-state index contributed by atoms with van der Waals surface area (Å²) in [5, 5.41) is 10.2. The SMILES string of the molecule is COCC(C)OCC(O)CSc1nccc(=O)[nH]1. The van der Waals surface area contributed by atoms with E-state index >= 15 is 0 Å². The first-order valence-electron chi connectivity index (χ1n) is 5.58. The second kappa shape index (κ2) is 8.25. The Morgan fingerprint density at radius 3 is 3.00 bits per heavy atom. The number of H-pyrrole nitrogens is 1. The van der Waals surface area contributed by atoms with Crippen LogP contribution in [-0.2, 0) is 9.47 Å². The molecule has 0 aliphatic heterocycles. The van der Waals surface area contributed by atoms with Crippen molar-refractivity contribution in [1.29, 1.82) is 0 Å². The van der Waals surface area contributed by atoms with Gasteiger partial charge in [0.25, 0.3) is 5.56 Å². The van der Waals surface area contributed by atoms with Gasteiger partial charge in [-0.25, -0.2) is 4.98 Å². The van der Waals surface area contributed by atoms with Crippen molar-refractivity contribution in [2.75, 3.05) is 26.1 Å². The van der Waals surface area contributed by atoms with Gasteiger partial charge in [-0.15, -0.1) is 0 Å². The van der Waals surface area contributed by atoms with E-state index in [1.807, 2.05) is 6.92 Å². The predicted octanol–water partition coefficient (Wildman–Crippen LogP) is 0.274. The zero-order valence-corrected chi connectivity index (χ0v) is 11.3. The molecule has 102 valence electrons. The van der Waals surface area contributed by atoms with Crippen molar-refractivity contribution in [3.05, 3.63) is 22.6 Å². The van der Waals surface area contributed by atoms with Crippen LogP contribution in [0, 0.1) is 0 Å². The number of rotatable bonds is 8. The molecule has 1 aromatic heterocycles. The molecule has 0 amide bonds. The average Bonchev–Trinajstić information content (AvgIpc) is 2.34. The van der Waals surface area contributed by atoms with Gasteiger partial charge in [-0.1, -0.05) is 11.8 Å². The van der Waals surface area contributed by atoms with E-state index in [1.165, 1.54) is 24.0 Å². The summed E-state index contributed by atoms with van der Waals surface area (Å²) in [5.74, 6) is 0.409. The molecule has 2 atom stereocenters. The van der Waals surface area contributed by atoms with E-state index in [1.54, 1.807) is 7.11 Å². The predicted molar refractivity (Wildman–Crippen MR) is 68.9 cm³/mol. The first-order valence-corrected chi connectivity index (χ1v) is 6.57. The van der Waals surface area contributed by atoms with E-state index in [4.69, 9.17) is 9.47 Å². The Kier molecular flexibility index (Phi) is 6.96. The number of aromatic amines is 1. The Bertz CT molecular complexity index is 399. The van der Waals surface area contributed by atoms with Gasteiger partial charge in [-0.05, 0) is 6.92 Å². The smallest absolute Gasteiger partial charge is 0.251 e. The third-order valence-electron chi connectivity index (χ3n) is 2.03. The summed E-state index contributed by atoms with van der Waals surface area (Å²) in [5.41, 5.74) is -0.202. The van der Waals surface area contributed by atoms with Crippen molar-refractivity contribution in [2.45, 2.75) is 24.3 Å². The van der Waals surface area contributed by atoms with Gasteiger partial charge in [0.1, 0.15) is 0 Å². The van der Waals surface area contributed by atoms with Gasteiger partial charge in [0, 0.05) is 25.1 Å². The van der Waals surface area contributed by atoms with Gasteiger partial charge in [-0.3, -0.25) is 4.79 Å². The summed E-state index contributed by atoms with van der Waals surface area (Å²) in [6.45, 7) is 2.60. The summed E-state index contributed by atoms with van der Waals surface area (Å²) in [6, 6.07) is 1.34. The normalized spacial score (nSPS) is 14.4. The number of hydrogen-bond donors (Lipinski definition) is 2. The molecule has 0 aliphatic rings. The third-order valence-corrected chi connectivity index (χ3v) is 3.07. The molecule has 0 fully saturated rings. The molecule has 2 unspecified atom stereocenters. The number of hydrogen-bond acceptors (Lipinski definition) is 6. The van der Waals surface area contributed by atoms with Crippen LogP contribution in [0.5, 0.6) is 0 Å². The highest BCUT2D eigenvalue weighted by Crippen LogP contribution is 2.11. The van der Waals surface area contributed by atoms with Crippen LogP contribution in [0.3, 0.4) is 0 Å². The summed E-state index contributed by atoms with van der Waals surface area (Å²) in [7, 11) is 1.60. The molecule has 7 heteroatoms. The van der Waals surface area contributed by atoms with E-state index in [9.17, 15) is 9.90 Å². The molecule has 6 nitrogen and oxygen atoms in total. The maximum absolute atomic E-state index is 11.0. The number of nitrogens with one attached hydrogen (secondary N) is 1. The Balaban J connectivity index is 2.24. The molecule has 0 aliphatic carbocycles. The minimum absolute atomic E-state index is 0.0516. The molecule has 0 saturated heterocycles. The van der Waals surface area contributed by atoms with Crippen molar-refractivity contribution in [1.82, 2.24) is 9.97 Å². The quantitative estimate of drug-likeness (QED) is 0.523. The second-order valence-electron chi connectivity index (χ2n) is 3.80. The molecular weight excluding hydrogens is 256 g/mol. The van der Waals surface area contributed by atoms with Gasteiger partial charge in [-0.2, -0.15) is 0 Å². The van der Waals surface area contributed by atoms with E-state index < -0.39 is 6.10 Å². The van der Waals surface area contributed by atoms with Gasteiger partial charge >= 0.3 is 0 Å². The lowest BCUT2D eigenvalue weighted by Gasteiger charge is -2.15. The van der Waals surface area contributed by atoms with Crippen LogP contribution in [0.2, 0.25) is 0 Å². The fraction of sp³-hybridized carbons (Fsp3) is 0.636. The van der Waals surface area contributed by atoms with E-state index in [0.717, 1.165) is 0 Å². The molecule has 2 N–H and O–H groups in total. The zero-order chi connectivity index (χ0) is 13.4. The lowest BCUT2D eigenvalue weighted by molar-refractivity contribution is -0.0257. The maximum Gasteiger partial charge on any atom is 0.251 e. The molecule has 1 heterocycles. The Morgan fingerprint density at radius 2 is 2.33 bits per heavy atom. The fourth-order valence-corrected chi connectivity index (χ4v) is 1.96. The lowest BCUT2D eigenvalue weighted by Crippen LogP contribution is -2.24. The molecule has 0 bridgehead atoms. The van der Waals surface area contributed by atoms with E-state index in [2.05, 4.69) is 9.97 Å². The Hall–Kier alpha value is -0.890. The lowest BCUT2D eigenvalue weighted by atomic mass is 10.4. The van der Waals surface area contributed by atoms with E-state index in [-0.39, 0.29) is 18.3 Å². The van der Waals surface area contributed by atoms with Crippen LogP contribution in [0.4, 0.5) is 0 Å². The number of nitrogens with zero attached hydrogens (tertiary/aromatic N) is 1. The maximum atomic E-state index is 11.0. The monoisotopic (exact) mass is 274 g/mol. The van der Waals surface area contributed by atoms with Gasteiger partial charge in [0.2, 0.25) is 0 Å². The first kappa shape index (κ1) is 15.2. The van der Waals surface area contributed by atoms with Crippen LogP contribution in [0.1, 0.15) is 6.92 Å². The van der Waals surface area contributed by atoms with Crippen LogP contribution in [-0.4, -0.2) is 53.4 Å². The van der Waals surface area contributed by atoms with Gasteiger partial charge < -0.3 is 19.6 Å². The fourth-order valence-electron chi connectivity index (χ4n) is 1.21. The molecular formula is C11H18N2O4S. The van der Waals surface area contributed by atoms with Crippen LogP contribution in [0.15, 0.2) is 22.2 Å². The number of aromatic nitrogens is 2. The summed E-state index contributed by atoms with van der Waals surface area (Å²) < 4.78 is 10.3. The topological polar surface area (TPSA) is 84.4 Å². The average molecular weight is 274 g/mol. The van der Waals surface area contributed by atoms with Crippen molar-refractivity contribution in [2.24, 2.45) is 0 Å². The largest absolute Gasteiger partial charge is 0.390 e. The van der Waals surface area contributed by atoms with Gasteiger partial charge in [0.15, 0.2) is 5.16 Å². The first-order chi connectivity index (χ1) is 8.61. The summed E-state index contributed by atoms with van der Waals surface area (Å²) in [4.78, 5) is 17.6.